The Bertz CT molecular complexity index is 839. The van der Waals surface area contributed by atoms with Crippen LogP contribution in [-0.2, 0) is 11.3 Å². The molecule has 0 saturated carbocycles. The standard InChI is InChI=1S/C23H33N7O/c1-2-25-21-7-11-26-23(28-21)29-13-8-20(9-14-29)30-12-4-6-19(17-30)22(31)27-16-18-5-3-10-24-15-18/h3,5,7,10-11,15,19-20H,2,4,6,8-9,12-14,16-17H2,1H3,(H,27,31)(H,25,26,28). The van der Waals surface area contributed by atoms with E-state index in [2.05, 4.69) is 42.3 Å². The minimum atomic E-state index is 0.0728. The van der Waals surface area contributed by atoms with Gasteiger partial charge < -0.3 is 15.5 Å². The first kappa shape index (κ1) is 21.5. The zero-order chi connectivity index (χ0) is 21.5. The van der Waals surface area contributed by atoms with E-state index in [4.69, 9.17) is 0 Å². The predicted octanol–water partition coefficient (Wildman–Crippen LogP) is 2.30. The van der Waals surface area contributed by atoms with E-state index in [1.165, 1.54) is 0 Å². The molecule has 8 heteroatoms. The normalized spacial score (nSPS) is 20.4. The predicted molar refractivity (Wildman–Crippen MR) is 122 cm³/mol. The lowest BCUT2D eigenvalue weighted by Crippen LogP contribution is -2.51. The second kappa shape index (κ2) is 10.5. The summed E-state index contributed by atoms with van der Waals surface area (Å²) < 4.78 is 0. The first-order chi connectivity index (χ1) is 15.2. The molecule has 1 atom stereocenters. The number of rotatable bonds is 7. The molecule has 1 unspecified atom stereocenters. The number of hydrogen-bond acceptors (Lipinski definition) is 7. The summed E-state index contributed by atoms with van der Waals surface area (Å²) in [6, 6.07) is 6.33. The van der Waals surface area contributed by atoms with E-state index >= 15 is 0 Å². The van der Waals surface area contributed by atoms with Crippen molar-refractivity contribution >= 4 is 17.7 Å². The SMILES string of the molecule is CCNc1ccnc(N2CCC(N3CCCC(C(=O)NCc4cccnc4)C3)CC2)n1. The number of likely N-dealkylation sites (tertiary alicyclic amines) is 1. The van der Waals surface area contributed by atoms with E-state index in [0.717, 1.165) is 75.7 Å². The van der Waals surface area contributed by atoms with E-state index in [1.807, 2.05) is 24.4 Å². The van der Waals surface area contributed by atoms with Gasteiger partial charge in [0.2, 0.25) is 11.9 Å². The average molecular weight is 424 g/mol. The lowest BCUT2D eigenvalue weighted by Gasteiger charge is -2.42. The van der Waals surface area contributed by atoms with Crippen LogP contribution in [0.4, 0.5) is 11.8 Å². The van der Waals surface area contributed by atoms with Gasteiger partial charge in [-0.1, -0.05) is 6.07 Å². The van der Waals surface area contributed by atoms with Crippen molar-refractivity contribution in [2.24, 2.45) is 5.92 Å². The first-order valence-electron chi connectivity index (χ1n) is 11.5. The van der Waals surface area contributed by atoms with Crippen LogP contribution in [0.5, 0.6) is 0 Å². The minimum Gasteiger partial charge on any atom is -0.370 e. The van der Waals surface area contributed by atoms with Gasteiger partial charge in [0.15, 0.2) is 0 Å². The molecule has 2 aliphatic rings. The molecule has 0 spiro atoms. The molecule has 2 aromatic rings. The minimum absolute atomic E-state index is 0.0728. The highest BCUT2D eigenvalue weighted by molar-refractivity contribution is 5.78. The molecular weight excluding hydrogens is 390 g/mol. The van der Waals surface area contributed by atoms with Crippen LogP contribution in [0.25, 0.3) is 0 Å². The maximum Gasteiger partial charge on any atom is 0.227 e. The Balaban J connectivity index is 1.26. The molecule has 2 N–H and O–H groups in total. The highest BCUT2D eigenvalue weighted by atomic mass is 16.1. The van der Waals surface area contributed by atoms with Gasteiger partial charge in [-0.25, -0.2) is 4.98 Å². The van der Waals surface area contributed by atoms with Crippen LogP contribution in [0, 0.1) is 5.92 Å². The number of pyridine rings is 1. The Morgan fingerprint density at radius 3 is 2.81 bits per heavy atom. The smallest absolute Gasteiger partial charge is 0.227 e. The van der Waals surface area contributed by atoms with Crippen molar-refractivity contribution < 1.29 is 4.79 Å². The summed E-state index contributed by atoms with van der Waals surface area (Å²) in [4.78, 5) is 30.8. The van der Waals surface area contributed by atoms with Crippen LogP contribution in [0.15, 0.2) is 36.8 Å². The number of hydrogen-bond donors (Lipinski definition) is 2. The van der Waals surface area contributed by atoms with Gasteiger partial charge >= 0.3 is 0 Å². The van der Waals surface area contributed by atoms with E-state index < -0.39 is 0 Å². The Morgan fingerprint density at radius 1 is 1.16 bits per heavy atom. The molecule has 0 aliphatic carbocycles. The second-order valence-corrected chi connectivity index (χ2v) is 8.40. The number of carbonyl (C=O) groups excluding carboxylic acids is 1. The molecule has 2 saturated heterocycles. The zero-order valence-corrected chi connectivity index (χ0v) is 18.3. The fourth-order valence-electron chi connectivity index (χ4n) is 4.60. The van der Waals surface area contributed by atoms with Gasteiger partial charge in [0.25, 0.3) is 0 Å². The van der Waals surface area contributed by atoms with Gasteiger partial charge in [-0.2, -0.15) is 4.98 Å². The quantitative estimate of drug-likeness (QED) is 0.707. The van der Waals surface area contributed by atoms with Crippen molar-refractivity contribution in [1.29, 1.82) is 0 Å². The summed E-state index contributed by atoms with van der Waals surface area (Å²) in [6.45, 7) is 7.32. The summed E-state index contributed by atoms with van der Waals surface area (Å²) in [6.07, 6.45) is 9.60. The maximum atomic E-state index is 12.7. The third-order valence-electron chi connectivity index (χ3n) is 6.28. The average Bonchev–Trinajstić information content (AvgIpc) is 2.84. The summed E-state index contributed by atoms with van der Waals surface area (Å²) >= 11 is 0. The highest BCUT2D eigenvalue weighted by Crippen LogP contribution is 2.25. The molecule has 0 radical (unpaired) electrons. The Labute approximate surface area is 184 Å². The molecule has 2 aliphatic heterocycles. The number of nitrogens with zero attached hydrogens (tertiary/aromatic N) is 5. The number of amides is 1. The van der Waals surface area contributed by atoms with Gasteiger partial charge in [-0.15, -0.1) is 0 Å². The molecule has 31 heavy (non-hydrogen) atoms. The fourth-order valence-corrected chi connectivity index (χ4v) is 4.60. The fraction of sp³-hybridized carbons (Fsp3) is 0.565. The van der Waals surface area contributed by atoms with Crippen molar-refractivity contribution in [3.8, 4) is 0 Å². The van der Waals surface area contributed by atoms with E-state index in [-0.39, 0.29) is 11.8 Å². The topological polar surface area (TPSA) is 86.3 Å². The van der Waals surface area contributed by atoms with Gasteiger partial charge in [0.1, 0.15) is 5.82 Å². The summed E-state index contributed by atoms with van der Waals surface area (Å²) in [5.41, 5.74) is 1.04. The summed E-state index contributed by atoms with van der Waals surface area (Å²) in [5.74, 6) is 1.93. The van der Waals surface area contributed by atoms with Crippen molar-refractivity contribution in [2.75, 3.05) is 42.9 Å². The summed E-state index contributed by atoms with van der Waals surface area (Å²) in [7, 11) is 0. The number of nitrogens with one attached hydrogen (secondary N) is 2. The largest absolute Gasteiger partial charge is 0.370 e. The maximum absolute atomic E-state index is 12.7. The van der Waals surface area contributed by atoms with Crippen LogP contribution < -0.4 is 15.5 Å². The molecule has 8 nitrogen and oxygen atoms in total. The molecule has 1 amide bonds. The van der Waals surface area contributed by atoms with Crippen LogP contribution in [0.3, 0.4) is 0 Å². The number of aromatic nitrogens is 3. The van der Waals surface area contributed by atoms with Crippen molar-refractivity contribution in [3.05, 3.63) is 42.4 Å². The van der Waals surface area contributed by atoms with Gasteiger partial charge in [0.05, 0.1) is 5.92 Å². The zero-order valence-electron chi connectivity index (χ0n) is 18.3. The second-order valence-electron chi connectivity index (χ2n) is 8.40. The monoisotopic (exact) mass is 423 g/mol. The van der Waals surface area contributed by atoms with Gasteiger partial charge in [0, 0.05) is 57.4 Å². The highest BCUT2D eigenvalue weighted by Gasteiger charge is 2.32. The van der Waals surface area contributed by atoms with E-state index in [0.29, 0.717) is 12.6 Å². The van der Waals surface area contributed by atoms with Crippen molar-refractivity contribution in [1.82, 2.24) is 25.2 Å². The van der Waals surface area contributed by atoms with Crippen molar-refractivity contribution in [3.63, 3.8) is 0 Å². The van der Waals surface area contributed by atoms with Gasteiger partial charge in [-0.3, -0.25) is 14.7 Å². The molecule has 0 bridgehead atoms. The molecule has 4 rings (SSSR count). The van der Waals surface area contributed by atoms with Crippen LogP contribution in [0.1, 0.15) is 38.2 Å². The van der Waals surface area contributed by atoms with E-state index in [1.54, 1.807) is 12.4 Å². The van der Waals surface area contributed by atoms with Crippen molar-refractivity contribution in [2.45, 2.75) is 45.2 Å². The molecule has 0 aromatic carbocycles. The third-order valence-corrected chi connectivity index (χ3v) is 6.28. The Kier molecular flexibility index (Phi) is 7.30. The number of piperidine rings is 2. The van der Waals surface area contributed by atoms with Crippen LogP contribution in [-0.4, -0.2) is 64.5 Å². The molecule has 2 fully saturated rings. The molecule has 4 heterocycles. The molecule has 2 aromatic heterocycles. The number of carbonyl (C=O) groups is 1. The van der Waals surface area contributed by atoms with Crippen LogP contribution >= 0.6 is 0 Å². The third kappa shape index (κ3) is 5.70. The molecular formula is C23H33N7O. The first-order valence-corrected chi connectivity index (χ1v) is 11.5. The lowest BCUT2D eigenvalue weighted by atomic mass is 9.93. The number of anilines is 2. The Morgan fingerprint density at radius 2 is 2.03 bits per heavy atom. The molecule has 166 valence electrons. The van der Waals surface area contributed by atoms with Crippen LogP contribution in [0.2, 0.25) is 0 Å². The summed E-state index contributed by atoms with van der Waals surface area (Å²) in [5, 5.41) is 6.36. The van der Waals surface area contributed by atoms with E-state index in [9.17, 15) is 4.79 Å². The lowest BCUT2D eigenvalue weighted by molar-refractivity contribution is -0.127. The Hall–Kier alpha value is -2.74. The van der Waals surface area contributed by atoms with Gasteiger partial charge in [-0.05, 0) is 56.8 Å².